The molecule has 2 radical (unpaired) electrons. The average Bonchev–Trinajstić information content (AvgIpc) is 2.03. The van der Waals surface area contributed by atoms with Crippen molar-refractivity contribution in [3.05, 3.63) is 6.92 Å². The van der Waals surface area contributed by atoms with Gasteiger partial charge in [0.25, 0.3) is 0 Å². The molecule has 0 aliphatic heterocycles. The van der Waals surface area contributed by atoms with Crippen LogP contribution >= 0.6 is 0 Å². The molecule has 0 bridgehead atoms. The lowest BCUT2D eigenvalue weighted by atomic mass is 10.0. The van der Waals surface area contributed by atoms with E-state index < -0.39 is 0 Å². The van der Waals surface area contributed by atoms with Gasteiger partial charge in [0.2, 0.25) is 0 Å². The summed E-state index contributed by atoms with van der Waals surface area (Å²) in [7, 11) is 0. The summed E-state index contributed by atoms with van der Waals surface area (Å²) >= 11 is 0. The van der Waals surface area contributed by atoms with Crippen LogP contribution in [0.4, 0.5) is 0 Å². The standard InChI is InChI=1S/C11H19N3/c1-9(2)6-5-7-10(3)14-11(4)13-8-12/h4,9-10H,5-7H2,1-3H3,(H,13,14). The molecule has 0 aliphatic carbocycles. The molecule has 0 aromatic rings. The Morgan fingerprint density at radius 2 is 2.07 bits per heavy atom. The molecular formula is C11H19N3. The van der Waals surface area contributed by atoms with E-state index in [1.165, 1.54) is 6.42 Å². The Morgan fingerprint density at radius 1 is 1.43 bits per heavy atom. The molecule has 1 unspecified atom stereocenters. The molecule has 0 fully saturated rings. The van der Waals surface area contributed by atoms with E-state index >= 15 is 0 Å². The van der Waals surface area contributed by atoms with Gasteiger partial charge in [-0.1, -0.05) is 26.7 Å². The third-order valence-corrected chi connectivity index (χ3v) is 1.95. The van der Waals surface area contributed by atoms with E-state index in [-0.39, 0.29) is 11.9 Å². The first-order chi connectivity index (χ1) is 6.56. The Morgan fingerprint density at radius 3 is 2.57 bits per heavy atom. The van der Waals surface area contributed by atoms with E-state index in [1.807, 2.05) is 6.92 Å². The minimum atomic E-state index is 0.189. The normalized spacial score (nSPS) is 13.9. The van der Waals surface area contributed by atoms with E-state index in [4.69, 9.17) is 12.2 Å². The fraction of sp³-hybridized carbons (Fsp3) is 0.727. The van der Waals surface area contributed by atoms with Gasteiger partial charge in [0, 0.05) is 13.0 Å². The fourth-order valence-electron chi connectivity index (χ4n) is 1.21. The molecule has 0 aromatic heterocycles. The molecule has 0 aliphatic rings. The second kappa shape index (κ2) is 7.37. The van der Waals surface area contributed by atoms with Crippen LogP contribution in [-0.4, -0.2) is 11.9 Å². The molecule has 3 nitrogen and oxygen atoms in total. The quantitative estimate of drug-likeness (QED) is 0.315. The van der Waals surface area contributed by atoms with Crippen LogP contribution in [0.5, 0.6) is 0 Å². The van der Waals surface area contributed by atoms with Gasteiger partial charge in [-0.2, -0.15) is 5.26 Å². The maximum absolute atomic E-state index is 8.28. The minimum Gasteiger partial charge on any atom is -0.280 e. The summed E-state index contributed by atoms with van der Waals surface area (Å²) in [6.07, 6.45) is 5.13. The number of nitriles is 1. The maximum atomic E-state index is 8.28. The minimum absolute atomic E-state index is 0.189. The lowest BCUT2D eigenvalue weighted by Crippen LogP contribution is -2.16. The molecule has 0 rings (SSSR count). The Labute approximate surface area is 87.2 Å². The molecule has 14 heavy (non-hydrogen) atoms. The van der Waals surface area contributed by atoms with Gasteiger partial charge >= 0.3 is 0 Å². The van der Waals surface area contributed by atoms with Gasteiger partial charge in [-0.3, -0.25) is 10.3 Å². The molecule has 78 valence electrons. The summed E-state index contributed by atoms with van der Waals surface area (Å²) in [5.74, 6) is 0.949. The summed E-state index contributed by atoms with van der Waals surface area (Å²) in [5, 5.41) is 10.6. The van der Waals surface area contributed by atoms with Crippen molar-refractivity contribution >= 4 is 5.84 Å². The summed E-state index contributed by atoms with van der Waals surface area (Å²) in [6.45, 7) is 11.9. The lowest BCUT2D eigenvalue weighted by molar-refractivity contribution is 0.511. The fourth-order valence-corrected chi connectivity index (χ4v) is 1.21. The Kier molecular flexibility index (Phi) is 6.82. The number of amidine groups is 1. The Bertz CT molecular complexity index is 213. The highest BCUT2D eigenvalue weighted by atomic mass is 15.0. The first-order valence-corrected chi connectivity index (χ1v) is 5.04. The van der Waals surface area contributed by atoms with Crippen molar-refractivity contribution in [2.75, 3.05) is 0 Å². The number of rotatable bonds is 5. The van der Waals surface area contributed by atoms with Gasteiger partial charge in [-0.25, -0.2) is 0 Å². The number of aliphatic imine (C=N–C) groups is 1. The second-order valence-electron chi connectivity index (χ2n) is 3.92. The SMILES string of the molecule is [CH]C(=NC(C)CCCC(C)C)NC#N. The zero-order chi connectivity index (χ0) is 11.0. The summed E-state index contributed by atoms with van der Waals surface area (Å²) in [5.41, 5.74) is 0. The zero-order valence-corrected chi connectivity index (χ0v) is 9.25. The van der Waals surface area contributed by atoms with Crippen LogP contribution in [0.25, 0.3) is 0 Å². The summed E-state index contributed by atoms with van der Waals surface area (Å²) < 4.78 is 0. The number of nitrogens with one attached hydrogen (secondary N) is 1. The van der Waals surface area contributed by atoms with Crippen molar-refractivity contribution in [1.82, 2.24) is 5.32 Å². The van der Waals surface area contributed by atoms with E-state index in [9.17, 15) is 0 Å². The van der Waals surface area contributed by atoms with Crippen molar-refractivity contribution in [2.45, 2.75) is 46.1 Å². The van der Waals surface area contributed by atoms with Crippen LogP contribution in [0.3, 0.4) is 0 Å². The third kappa shape index (κ3) is 7.60. The highest BCUT2D eigenvalue weighted by molar-refractivity contribution is 5.87. The molecule has 0 aromatic carbocycles. The third-order valence-electron chi connectivity index (χ3n) is 1.95. The van der Waals surface area contributed by atoms with Gasteiger partial charge in [-0.15, -0.1) is 0 Å². The molecule has 1 N–H and O–H groups in total. The average molecular weight is 193 g/mol. The molecule has 0 saturated carbocycles. The second-order valence-corrected chi connectivity index (χ2v) is 3.92. The monoisotopic (exact) mass is 193 g/mol. The number of nitrogens with zero attached hydrogens (tertiary/aromatic N) is 2. The van der Waals surface area contributed by atoms with Crippen LogP contribution < -0.4 is 5.32 Å². The lowest BCUT2D eigenvalue weighted by Gasteiger charge is -2.08. The van der Waals surface area contributed by atoms with Crippen molar-refractivity contribution < 1.29 is 0 Å². The van der Waals surface area contributed by atoms with E-state index in [0.29, 0.717) is 0 Å². The molecule has 0 amide bonds. The van der Waals surface area contributed by atoms with E-state index in [2.05, 4.69) is 24.2 Å². The van der Waals surface area contributed by atoms with Gasteiger partial charge in [-0.05, 0) is 19.3 Å². The van der Waals surface area contributed by atoms with Crippen LogP contribution in [0, 0.1) is 24.3 Å². The van der Waals surface area contributed by atoms with Crippen LogP contribution in [-0.2, 0) is 0 Å². The molecule has 0 saturated heterocycles. The van der Waals surface area contributed by atoms with Gasteiger partial charge < -0.3 is 0 Å². The number of hydrogen-bond donors (Lipinski definition) is 1. The van der Waals surface area contributed by atoms with Gasteiger partial charge in [0.05, 0.1) is 0 Å². The van der Waals surface area contributed by atoms with E-state index in [1.54, 1.807) is 6.19 Å². The topological polar surface area (TPSA) is 48.2 Å². The highest BCUT2D eigenvalue weighted by Crippen LogP contribution is 2.09. The van der Waals surface area contributed by atoms with Gasteiger partial charge in [0.1, 0.15) is 5.84 Å². The van der Waals surface area contributed by atoms with Crippen molar-refractivity contribution in [3.63, 3.8) is 0 Å². The first kappa shape index (κ1) is 13.0. The smallest absolute Gasteiger partial charge is 0.182 e. The Hall–Kier alpha value is -1.04. The highest BCUT2D eigenvalue weighted by Gasteiger charge is 2.01. The first-order valence-electron chi connectivity index (χ1n) is 5.04. The zero-order valence-electron chi connectivity index (χ0n) is 9.25. The molecular weight excluding hydrogens is 174 g/mol. The van der Waals surface area contributed by atoms with Crippen molar-refractivity contribution in [1.29, 1.82) is 5.26 Å². The van der Waals surface area contributed by atoms with E-state index in [0.717, 1.165) is 18.8 Å². The van der Waals surface area contributed by atoms with Gasteiger partial charge in [0.15, 0.2) is 6.19 Å². The predicted octanol–water partition coefficient (Wildman–Crippen LogP) is 2.38. The molecule has 0 spiro atoms. The van der Waals surface area contributed by atoms with Crippen LogP contribution in [0.15, 0.2) is 4.99 Å². The molecule has 1 atom stereocenters. The summed E-state index contributed by atoms with van der Waals surface area (Å²) in [6, 6.07) is 0.189. The number of hydrogen-bond acceptors (Lipinski definition) is 2. The largest absolute Gasteiger partial charge is 0.280 e. The van der Waals surface area contributed by atoms with Crippen LogP contribution in [0.2, 0.25) is 0 Å². The molecule has 3 heteroatoms. The molecule has 0 heterocycles. The Balaban J connectivity index is 3.69. The van der Waals surface area contributed by atoms with Crippen LogP contribution in [0.1, 0.15) is 40.0 Å². The van der Waals surface area contributed by atoms with Crippen molar-refractivity contribution in [2.24, 2.45) is 10.9 Å². The predicted molar refractivity (Wildman–Crippen MR) is 58.6 cm³/mol. The maximum Gasteiger partial charge on any atom is 0.182 e. The summed E-state index contributed by atoms with van der Waals surface area (Å²) in [4.78, 5) is 4.12. The van der Waals surface area contributed by atoms with Crippen molar-refractivity contribution in [3.8, 4) is 6.19 Å².